The van der Waals surface area contributed by atoms with Crippen LogP contribution in [0, 0.1) is 30.2 Å². The minimum Gasteiger partial charge on any atom is -0.207 e. The molecule has 160 valence electrons. The Hall–Kier alpha value is -3.22. The van der Waals surface area contributed by atoms with Crippen LogP contribution in [-0.4, -0.2) is 0 Å². The molecule has 0 saturated carbocycles. The zero-order chi connectivity index (χ0) is 22.6. The number of rotatable bonds is 0. The number of halogens is 4. The summed E-state index contributed by atoms with van der Waals surface area (Å²) in [5, 5.41) is 5.87. The zero-order valence-electron chi connectivity index (χ0n) is 17.0. The summed E-state index contributed by atoms with van der Waals surface area (Å²) < 4.78 is 61.0. The predicted molar refractivity (Wildman–Crippen MR) is 132 cm³/mol. The van der Waals surface area contributed by atoms with E-state index in [-0.39, 0.29) is 0 Å². The van der Waals surface area contributed by atoms with Crippen molar-refractivity contribution in [2.75, 3.05) is 0 Å². The average Bonchev–Trinajstić information content (AvgIpc) is 2.77. The quantitative estimate of drug-likeness (QED) is 0.116. The molecule has 0 bridgehead atoms. The van der Waals surface area contributed by atoms with Gasteiger partial charge in [0.05, 0.1) is 9.40 Å². The largest absolute Gasteiger partial charge is 0.207 e. The van der Waals surface area contributed by atoms with Gasteiger partial charge in [0, 0.05) is 53.8 Å². The Balaban J connectivity index is 1.95. The second kappa shape index (κ2) is 6.43. The number of aryl methyl sites for hydroxylation is 1. The molecule has 0 saturated heterocycles. The lowest BCUT2D eigenvalue weighted by atomic mass is 9.91. The van der Waals surface area contributed by atoms with Crippen molar-refractivity contribution in [3.63, 3.8) is 0 Å². The summed E-state index contributed by atoms with van der Waals surface area (Å²) in [6, 6.07) is 14.2. The Kier molecular flexibility index (Phi) is 3.75. The Labute approximate surface area is 192 Å². The highest BCUT2D eigenvalue weighted by molar-refractivity contribution is 7.26. The third-order valence-electron chi connectivity index (χ3n) is 6.39. The zero-order valence-corrected chi connectivity index (χ0v) is 18.7. The monoisotopic (exact) mass is 476 g/mol. The first kappa shape index (κ1) is 19.3. The first-order valence-electron chi connectivity index (χ1n) is 10.3. The van der Waals surface area contributed by atoms with Gasteiger partial charge in [-0.25, -0.2) is 17.6 Å². The van der Waals surface area contributed by atoms with Crippen molar-refractivity contribution in [3.8, 4) is 0 Å². The summed E-state index contributed by atoms with van der Waals surface area (Å²) in [5.74, 6) is -2.47. The second-order valence-electron chi connectivity index (χ2n) is 8.30. The molecule has 0 aliphatic rings. The number of benzene rings is 5. The number of hydrogen-bond acceptors (Lipinski definition) is 2. The molecule has 0 spiro atoms. The fourth-order valence-corrected chi connectivity index (χ4v) is 7.38. The molecule has 0 amide bonds. The summed E-state index contributed by atoms with van der Waals surface area (Å²) in [6.45, 7) is 1.95. The third-order valence-corrected chi connectivity index (χ3v) is 8.92. The SMILES string of the molecule is Cc1ccc2c3c1sc1c(F)cc(F)cc1c3c1cccc3sc4c(F)cc(F)cc4c2c31. The molecule has 0 atom stereocenters. The van der Waals surface area contributed by atoms with Crippen LogP contribution in [0.2, 0.25) is 0 Å². The maximum atomic E-state index is 14.9. The molecule has 33 heavy (non-hydrogen) atoms. The molecule has 6 heteroatoms. The van der Waals surface area contributed by atoms with Crippen LogP contribution in [0.1, 0.15) is 5.56 Å². The average molecular weight is 477 g/mol. The molecule has 0 radical (unpaired) electrons. The molecule has 7 rings (SSSR count). The van der Waals surface area contributed by atoms with Crippen LogP contribution in [0.3, 0.4) is 0 Å². The Bertz CT molecular complexity index is 1980. The summed E-state index contributed by atoms with van der Waals surface area (Å²) in [5.41, 5.74) is 0.960. The molecule has 0 aliphatic carbocycles. The van der Waals surface area contributed by atoms with E-state index in [0.717, 1.165) is 59.4 Å². The van der Waals surface area contributed by atoms with E-state index in [1.165, 1.54) is 34.8 Å². The fraction of sp³-hybridized carbons (Fsp3) is 0.0370. The molecule has 2 heterocycles. The topological polar surface area (TPSA) is 0 Å². The molecule has 0 N–H and O–H groups in total. The fourth-order valence-electron chi connectivity index (χ4n) is 5.10. The van der Waals surface area contributed by atoms with E-state index in [2.05, 4.69) is 0 Å². The van der Waals surface area contributed by atoms with Crippen LogP contribution < -0.4 is 0 Å². The van der Waals surface area contributed by atoms with E-state index < -0.39 is 23.3 Å². The standard InChI is InChI=1S/C27H12F4S2/c1-11-5-6-15-21-16-7-12(28)9-18(30)26(16)32-20-4-2-3-14(23(20)21)22-17-8-13(29)10-19(31)27(17)33-25(11)24(15)22/h2-10H,1H3. The van der Waals surface area contributed by atoms with E-state index in [1.807, 2.05) is 37.3 Å². The van der Waals surface area contributed by atoms with Crippen LogP contribution in [-0.2, 0) is 0 Å². The van der Waals surface area contributed by atoms with Crippen LogP contribution in [0.15, 0.2) is 54.6 Å². The summed E-state index contributed by atoms with van der Waals surface area (Å²) in [7, 11) is 0. The van der Waals surface area contributed by atoms with Crippen molar-refractivity contribution in [2.24, 2.45) is 0 Å². The highest BCUT2D eigenvalue weighted by atomic mass is 32.1. The highest BCUT2D eigenvalue weighted by Gasteiger charge is 2.22. The lowest BCUT2D eigenvalue weighted by molar-refractivity contribution is 0.592. The summed E-state index contributed by atoms with van der Waals surface area (Å²) in [4.78, 5) is 0. The Morgan fingerprint density at radius 1 is 0.545 bits per heavy atom. The van der Waals surface area contributed by atoms with E-state index in [0.29, 0.717) is 20.2 Å². The lowest BCUT2D eigenvalue weighted by Crippen LogP contribution is -1.92. The van der Waals surface area contributed by atoms with Crippen molar-refractivity contribution in [1.29, 1.82) is 0 Å². The van der Waals surface area contributed by atoms with Gasteiger partial charge in [-0.15, -0.1) is 22.7 Å². The van der Waals surface area contributed by atoms with Gasteiger partial charge in [0.25, 0.3) is 0 Å². The van der Waals surface area contributed by atoms with E-state index in [1.54, 1.807) is 0 Å². The maximum absolute atomic E-state index is 14.9. The van der Waals surface area contributed by atoms with Crippen molar-refractivity contribution in [3.05, 3.63) is 83.4 Å². The molecule has 0 aliphatic heterocycles. The van der Waals surface area contributed by atoms with Crippen molar-refractivity contribution < 1.29 is 17.6 Å². The number of hydrogen-bond donors (Lipinski definition) is 0. The molecule has 2 aromatic heterocycles. The maximum Gasteiger partial charge on any atom is 0.143 e. The molecule has 0 nitrogen and oxygen atoms in total. The summed E-state index contributed by atoms with van der Waals surface area (Å²) in [6.07, 6.45) is 0. The van der Waals surface area contributed by atoms with Gasteiger partial charge >= 0.3 is 0 Å². The molecular weight excluding hydrogens is 464 g/mol. The van der Waals surface area contributed by atoms with Crippen LogP contribution in [0.4, 0.5) is 17.6 Å². The molecular formula is C27H12F4S2. The Morgan fingerprint density at radius 3 is 1.85 bits per heavy atom. The van der Waals surface area contributed by atoms with Crippen molar-refractivity contribution in [2.45, 2.75) is 6.92 Å². The van der Waals surface area contributed by atoms with E-state index in [4.69, 9.17) is 0 Å². The van der Waals surface area contributed by atoms with E-state index in [9.17, 15) is 17.6 Å². The van der Waals surface area contributed by atoms with Gasteiger partial charge in [0.1, 0.15) is 23.3 Å². The third kappa shape index (κ3) is 2.45. The highest BCUT2D eigenvalue weighted by Crippen LogP contribution is 2.49. The van der Waals surface area contributed by atoms with Crippen molar-refractivity contribution in [1.82, 2.24) is 0 Å². The minimum absolute atomic E-state index is 0.384. The van der Waals surface area contributed by atoms with E-state index >= 15 is 0 Å². The van der Waals surface area contributed by atoms with Gasteiger partial charge in [0.15, 0.2) is 0 Å². The molecule has 0 fully saturated rings. The van der Waals surface area contributed by atoms with Gasteiger partial charge in [-0.05, 0) is 41.5 Å². The first-order valence-corrected chi connectivity index (χ1v) is 11.9. The van der Waals surface area contributed by atoms with Gasteiger partial charge in [-0.3, -0.25) is 0 Å². The minimum atomic E-state index is -0.639. The molecule has 5 aromatic carbocycles. The predicted octanol–water partition coefficient (Wildman–Crippen LogP) is 9.59. The van der Waals surface area contributed by atoms with Gasteiger partial charge in [-0.2, -0.15) is 0 Å². The van der Waals surface area contributed by atoms with Gasteiger partial charge in [-0.1, -0.05) is 24.3 Å². The second-order valence-corrected chi connectivity index (χ2v) is 10.4. The van der Waals surface area contributed by atoms with Crippen LogP contribution in [0.5, 0.6) is 0 Å². The first-order chi connectivity index (χ1) is 15.9. The molecule has 7 aromatic rings. The van der Waals surface area contributed by atoms with Crippen LogP contribution >= 0.6 is 22.7 Å². The normalized spacial score (nSPS) is 12.4. The van der Waals surface area contributed by atoms with Crippen molar-refractivity contribution >= 4 is 84.6 Å². The van der Waals surface area contributed by atoms with Gasteiger partial charge < -0.3 is 0 Å². The lowest BCUT2D eigenvalue weighted by Gasteiger charge is -2.18. The smallest absolute Gasteiger partial charge is 0.143 e. The number of fused-ring (bicyclic) bond motifs is 6. The van der Waals surface area contributed by atoms with Crippen LogP contribution in [0.25, 0.3) is 61.9 Å². The summed E-state index contributed by atoms with van der Waals surface area (Å²) >= 11 is 2.54. The molecule has 0 unspecified atom stereocenters. The van der Waals surface area contributed by atoms with Gasteiger partial charge in [0.2, 0.25) is 0 Å². The Morgan fingerprint density at radius 2 is 1.15 bits per heavy atom.